The number of hydrogen-bond donors (Lipinski definition) is 2. The maximum atomic E-state index is 12.4. The second-order valence-electron chi connectivity index (χ2n) is 5.80. The van der Waals surface area contributed by atoms with Gasteiger partial charge in [0.05, 0.1) is 0 Å². The highest BCUT2D eigenvalue weighted by Crippen LogP contribution is 2.36. The summed E-state index contributed by atoms with van der Waals surface area (Å²) in [7, 11) is -3.60. The third-order valence-corrected chi connectivity index (χ3v) is 5.41. The molecule has 19 heavy (non-hydrogen) atoms. The molecule has 1 aliphatic carbocycles. The first-order chi connectivity index (χ1) is 8.83. The molecule has 2 rings (SSSR count). The lowest BCUT2D eigenvalue weighted by Gasteiger charge is -2.38. The Morgan fingerprint density at radius 2 is 2.16 bits per heavy atom. The maximum absolute atomic E-state index is 12.4. The lowest BCUT2D eigenvalue weighted by atomic mass is 9.74. The van der Waals surface area contributed by atoms with Crippen molar-refractivity contribution in [2.24, 2.45) is 5.41 Å². The minimum Gasteiger partial charge on any atom is -0.383 e. The Morgan fingerprint density at radius 1 is 1.42 bits per heavy atom. The molecule has 0 saturated heterocycles. The van der Waals surface area contributed by atoms with E-state index in [1.807, 2.05) is 0 Å². The van der Waals surface area contributed by atoms with E-state index in [1.165, 1.54) is 12.3 Å². The zero-order valence-electron chi connectivity index (χ0n) is 11.4. The van der Waals surface area contributed by atoms with Gasteiger partial charge in [0, 0.05) is 12.2 Å². The third-order valence-electron chi connectivity index (χ3n) is 3.89. The molecule has 0 spiro atoms. The van der Waals surface area contributed by atoms with Crippen LogP contribution in [0.25, 0.3) is 0 Å². The summed E-state index contributed by atoms with van der Waals surface area (Å²) in [5, 5.41) is 0. The molecular weight excluding hydrogens is 262 g/mol. The summed E-state index contributed by atoms with van der Waals surface area (Å²) in [5.41, 5.74) is 5.62. The molecule has 106 valence electrons. The molecule has 0 aliphatic heterocycles. The van der Waals surface area contributed by atoms with Gasteiger partial charge in [0.15, 0.2) is 0 Å². The van der Waals surface area contributed by atoms with Crippen molar-refractivity contribution in [1.29, 1.82) is 0 Å². The van der Waals surface area contributed by atoms with E-state index in [9.17, 15) is 8.42 Å². The lowest BCUT2D eigenvalue weighted by Crippen LogP contribution is -2.46. The number of nitrogens with zero attached hydrogens (tertiary/aromatic N) is 1. The minimum atomic E-state index is -3.60. The zero-order chi connectivity index (χ0) is 14.1. The molecule has 1 saturated carbocycles. The van der Waals surface area contributed by atoms with E-state index < -0.39 is 10.0 Å². The molecule has 5 nitrogen and oxygen atoms in total. The number of nitrogen functional groups attached to an aromatic ring is 1. The zero-order valence-corrected chi connectivity index (χ0v) is 12.2. The van der Waals surface area contributed by atoms with Crippen LogP contribution in [0.15, 0.2) is 23.2 Å². The predicted molar refractivity (Wildman–Crippen MR) is 75.0 cm³/mol. The van der Waals surface area contributed by atoms with Crippen molar-refractivity contribution in [3.8, 4) is 0 Å². The van der Waals surface area contributed by atoms with Gasteiger partial charge in [0.25, 0.3) is 0 Å². The van der Waals surface area contributed by atoms with Crippen LogP contribution in [0.3, 0.4) is 0 Å². The van der Waals surface area contributed by atoms with E-state index >= 15 is 0 Å². The number of nitrogens with one attached hydrogen (secondary N) is 1. The molecule has 0 bridgehead atoms. The van der Waals surface area contributed by atoms with Crippen molar-refractivity contribution >= 4 is 15.8 Å². The molecule has 0 amide bonds. The van der Waals surface area contributed by atoms with E-state index in [1.54, 1.807) is 6.07 Å². The molecule has 1 heterocycles. The summed E-state index contributed by atoms with van der Waals surface area (Å²) in [6.07, 6.45) is 5.59. The van der Waals surface area contributed by atoms with Crippen molar-refractivity contribution in [2.45, 2.75) is 50.5 Å². The number of nitrogens with two attached hydrogens (primary N) is 1. The summed E-state index contributed by atoms with van der Waals surface area (Å²) >= 11 is 0. The van der Waals surface area contributed by atoms with Crippen molar-refractivity contribution < 1.29 is 8.42 Å². The van der Waals surface area contributed by atoms with Gasteiger partial charge < -0.3 is 5.73 Å². The van der Waals surface area contributed by atoms with Crippen LogP contribution in [0.2, 0.25) is 0 Å². The molecule has 1 unspecified atom stereocenters. The van der Waals surface area contributed by atoms with Crippen LogP contribution in [0.4, 0.5) is 5.82 Å². The van der Waals surface area contributed by atoms with Crippen LogP contribution in [0, 0.1) is 5.41 Å². The Balaban J connectivity index is 2.25. The molecule has 6 heteroatoms. The Labute approximate surface area is 114 Å². The van der Waals surface area contributed by atoms with Gasteiger partial charge in [-0.25, -0.2) is 18.1 Å². The fraction of sp³-hybridized carbons (Fsp3) is 0.615. The highest BCUT2D eigenvalue weighted by atomic mass is 32.2. The number of sulfonamides is 1. The standard InChI is InChI=1S/C13H21N3O2S/c1-13(2)8-4-3-7-11(13)16-19(17,18)10-6-5-9-15-12(10)14/h5-6,9,11,16H,3-4,7-8H2,1-2H3,(H2,14,15). The first kappa shape index (κ1) is 14.3. The molecule has 1 aromatic heterocycles. The quantitative estimate of drug-likeness (QED) is 0.887. The fourth-order valence-corrected chi connectivity index (χ4v) is 4.12. The Hall–Kier alpha value is -1.14. The van der Waals surface area contributed by atoms with Crippen LogP contribution < -0.4 is 10.5 Å². The molecule has 1 atom stereocenters. The third kappa shape index (κ3) is 3.06. The van der Waals surface area contributed by atoms with Crippen LogP contribution in [-0.4, -0.2) is 19.4 Å². The largest absolute Gasteiger partial charge is 0.383 e. The maximum Gasteiger partial charge on any atom is 0.244 e. The molecule has 1 aromatic rings. The summed E-state index contributed by atoms with van der Waals surface area (Å²) < 4.78 is 27.6. The van der Waals surface area contributed by atoms with Crippen molar-refractivity contribution in [3.05, 3.63) is 18.3 Å². The highest BCUT2D eigenvalue weighted by Gasteiger charge is 2.35. The van der Waals surface area contributed by atoms with Crippen LogP contribution >= 0.6 is 0 Å². The van der Waals surface area contributed by atoms with E-state index in [0.717, 1.165) is 25.7 Å². The van der Waals surface area contributed by atoms with Crippen LogP contribution in [0.1, 0.15) is 39.5 Å². The summed E-state index contributed by atoms with van der Waals surface area (Å²) in [4.78, 5) is 3.90. The topological polar surface area (TPSA) is 85.1 Å². The average molecular weight is 283 g/mol. The second kappa shape index (κ2) is 5.09. The fourth-order valence-electron chi connectivity index (χ4n) is 2.59. The highest BCUT2D eigenvalue weighted by molar-refractivity contribution is 7.89. The van der Waals surface area contributed by atoms with Crippen molar-refractivity contribution in [3.63, 3.8) is 0 Å². The molecule has 0 aromatic carbocycles. The summed E-state index contributed by atoms with van der Waals surface area (Å²) in [6, 6.07) is 3.02. The normalized spacial score (nSPS) is 23.2. The lowest BCUT2D eigenvalue weighted by molar-refractivity contribution is 0.188. The Morgan fingerprint density at radius 3 is 2.79 bits per heavy atom. The van der Waals surface area contributed by atoms with E-state index in [-0.39, 0.29) is 22.2 Å². The predicted octanol–water partition coefficient (Wildman–Crippen LogP) is 1.91. The van der Waals surface area contributed by atoms with Gasteiger partial charge in [-0.1, -0.05) is 26.7 Å². The number of hydrogen-bond acceptors (Lipinski definition) is 4. The van der Waals surface area contributed by atoms with E-state index in [0.29, 0.717) is 0 Å². The van der Waals surface area contributed by atoms with E-state index in [4.69, 9.17) is 5.73 Å². The molecular formula is C13H21N3O2S. The number of pyridine rings is 1. The number of rotatable bonds is 3. The number of anilines is 1. The minimum absolute atomic E-state index is 0.0255. The van der Waals surface area contributed by atoms with Crippen LogP contribution in [-0.2, 0) is 10.0 Å². The van der Waals surface area contributed by atoms with Gasteiger partial charge in [-0.2, -0.15) is 0 Å². The molecule has 1 fully saturated rings. The SMILES string of the molecule is CC1(C)CCCCC1NS(=O)(=O)c1cccnc1N. The van der Waals surface area contributed by atoms with E-state index in [2.05, 4.69) is 23.6 Å². The molecule has 1 aliphatic rings. The Kier molecular flexibility index (Phi) is 3.82. The monoisotopic (exact) mass is 283 g/mol. The van der Waals surface area contributed by atoms with Gasteiger partial charge in [-0.3, -0.25) is 0 Å². The molecule has 0 radical (unpaired) electrons. The molecule has 3 N–H and O–H groups in total. The summed E-state index contributed by atoms with van der Waals surface area (Å²) in [6.45, 7) is 4.21. The van der Waals surface area contributed by atoms with Gasteiger partial charge in [-0.15, -0.1) is 0 Å². The van der Waals surface area contributed by atoms with Crippen molar-refractivity contribution in [2.75, 3.05) is 5.73 Å². The smallest absolute Gasteiger partial charge is 0.244 e. The van der Waals surface area contributed by atoms with Crippen LogP contribution in [0.5, 0.6) is 0 Å². The summed E-state index contributed by atoms with van der Waals surface area (Å²) in [5.74, 6) is 0.0450. The first-order valence-electron chi connectivity index (χ1n) is 6.56. The van der Waals surface area contributed by atoms with Gasteiger partial charge >= 0.3 is 0 Å². The van der Waals surface area contributed by atoms with Gasteiger partial charge in [-0.05, 0) is 30.4 Å². The van der Waals surface area contributed by atoms with Gasteiger partial charge in [0.2, 0.25) is 10.0 Å². The first-order valence-corrected chi connectivity index (χ1v) is 8.04. The van der Waals surface area contributed by atoms with Crippen molar-refractivity contribution in [1.82, 2.24) is 9.71 Å². The Bertz CT molecular complexity index is 555. The second-order valence-corrected chi connectivity index (χ2v) is 7.48. The van der Waals surface area contributed by atoms with Gasteiger partial charge in [0.1, 0.15) is 10.7 Å². The number of aromatic nitrogens is 1. The average Bonchev–Trinajstić information content (AvgIpc) is 2.32.